The molecule has 0 atom stereocenters. The average molecular weight is 465 g/mol. The Hall–Kier alpha value is -2.31. The zero-order chi connectivity index (χ0) is 22.1. The minimum atomic E-state index is -3.84. The largest absolute Gasteiger partial charge is 0.379 e. The van der Waals surface area contributed by atoms with Gasteiger partial charge in [-0.2, -0.15) is 4.31 Å². The summed E-state index contributed by atoms with van der Waals surface area (Å²) in [5.41, 5.74) is 1.74. The molecule has 0 spiro atoms. The molecule has 1 N–H and O–H groups in total. The summed E-state index contributed by atoms with van der Waals surface area (Å²) in [6, 6.07) is 12.9. The molecule has 1 aromatic heterocycles. The number of imidazole rings is 1. The van der Waals surface area contributed by atoms with E-state index in [2.05, 4.69) is 9.71 Å². The van der Waals surface area contributed by atoms with Crippen molar-refractivity contribution in [3.63, 3.8) is 0 Å². The fourth-order valence-electron chi connectivity index (χ4n) is 3.58. The number of hydrogen-bond donors (Lipinski definition) is 1. The van der Waals surface area contributed by atoms with Crippen LogP contribution < -0.4 is 4.72 Å². The minimum absolute atomic E-state index is 0.00686. The van der Waals surface area contributed by atoms with Crippen LogP contribution in [0.1, 0.15) is 12.7 Å². The van der Waals surface area contributed by atoms with Crippen LogP contribution in [0.2, 0.25) is 0 Å². The maximum absolute atomic E-state index is 12.8. The highest BCUT2D eigenvalue weighted by molar-refractivity contribution is 7.89. The first-order valence-corrected chi connectivity index (χ1v) is 12.9. The Labute approximate surface area is 181 Å². The van der Waals surface area contributed by atoms with Gasteiger partial charge in [-0.25, -0.2) is 26.5 Å². The summed E-state index contributed by atoms with van der Waals surface area (Å²) < 4.78 is 62.0. The number of aryl methyl sites for hydroxylation is 1. The molecule has 1 aliphatic heterocycles. The normalized spacial score (nSPS) is 16.0. The third-order valence-corrected chi connectivity index (χ3v) is 8.54. The van der Waals surface area contributed by atoms with Gasteiger partial charge in [-0.15, -0.1) is 0 Å². The van der Waals surface area contributed by atoms with Crippen molar-refractivity contribution in [2.75, 3.05) is 26.3 Å². The number of hydrogen-bond acceptors (Lipinski definition) is 6. The fraction of sp³-hybridized carbons (Fsp3) is 0.350. The molecule has 4 rings (SSSR count). The van der Waals surface area contributed by atoms with Gasteiger partial charge in [0, 0.05) is 19.6 Å². The Bertz CT molecular complexity index is 1280. The fourth-order valence-corrected chi connectivity index (χ4v) is 5.97. The van der Waals surface area contributed by atoms with Crippen LogP contribution in [0.4, 0.5) is 0 Å². The molecular formula is C20H24N4O5S2. The van der Waals surface area contributed by atoms with E-state index >= 15 is 0 Å². The van der Waals surface area contributed by atoms with Gasteiger partial charge in [0.1, 0.15) is 5.82 Å². The zero-order valence-corrected chi connectivity index (χ0v) is 18.7. The first-order chi connectivity index (χ1) is 14.8. The molecule has 9 nitrogen and oxygen atoms in total. The summed E-state index contributed by atoms with van der Waals surface area (Å²) in [5.74, 6) is 0.610. The van der Waals surface area contributed by atoms with Gasteiger partial charge in [-0.3, -0.25) is 0 Å². The lowest BCUT2D eigenvalue weighted by Crippen LogP contribution is -2.40. The first kappa shape index (κ1) is 21.9. The lowest BCUT2D eigenvalue weighted by atomic mass is 10.3. The van der Waals surface area contributed by atoms with Crippen LogP contribution in [0.15, 0.2) is 58.3 Å². The van der Waals surface area contributed by atoms with E-state index in [1.807, 2.05) is 35.8 Å². The predicted octanol–water partition coefficient (Wildman–Crippen LogP) is 1.56. The van der Waals surface area contributed by atoms with Crippen LogP contribution in [0.5, 0.6) is 0 Å². The van der Waals surface area contributed by atoms with E-state index in [4.69, 9.17) is 4.74 Å². The van der Waals surface area contributed by atoms with E-state index in [0.717, 1.165) is 11.0 Å². The Morgan fingerprint density at radius 2 is 1.61 bits per heavy atom. The lowest BCUT2D eigenvalue weighted by molar-refractivity contribution is 0.0730. The van der Waals surface area contributed by atoms with Gasteiger partial charge in [0.25, 0.3) is 0 Å². The summed E-state index contributed by atoms with van der Waals surface area (Å²) in [6.45, 7) is 3.91. The maximum atomic E-state index is 12.8. The molecule has 1 saturated heterocycles. The van der Waals surface area contributed by atoms with E-state index in [-0.39, 0.29) is 29.4 Å². The highest BCUT2D eigenvalue weighted by atomic mass is 32.2. The molecule has 1 aliphatic rings. The number of nitrogens with zero attached hydrogens (tertiary/aromatic N) is 3. The van der Waals surface area contributed by atoms with Crippen LogP contribution in [-0.4, -0.2) is 57.0 Å². The number of rotatable bonds is 7. The minimum Gasteiger partial charge on any atom is -0.379 e. The van der Waals surface area contributed by atoms with Crippen LogP contribution in [0.3, 0.4) is 0 Å². The van der Waals surface area contributed by atoms with Gasteiger partial charge in [0.05, 0.1) is 40.6 Å². The van der Waals surface area contributed by atoms with Gasteiger partial charge in [-0.1, -0.05) is 12.1 Å². The second-order valence-corrected chi connectivity index (χ2v) is 10.8. The van der Waals surface area contributed by atoms with Crippen molar-refractivity contribution in [1.29, 1.82) is 0 Å². The number of sulfonamides is 2. The molecule has 3 aromatic rings. The molecule has 0 saturated carbocycles. The van der Waals surface area contributed by atoms with Gasteiger partial charge in [0.2, 0.25) is 20.0 Å². The highest BCUT2D eigenvalue weighted by Crippen LogP contribution is 2.20. The van der Waals surface area contributed by atoms with Crippen molar-refractivity contribution < 1.29 is 21.6 Å². The number of morpholine rings is 1. The Morgan fingerprint density at radius 3 is 2.29 bits per heavy atom. The van der Waals surface area contributed by atoms with E-state index in [0.29, 0.717) is 25.6 Å². The number of para-hydroxylation sites is 2. The van der Waals surface area contributed by atoms with E-state index in [1.165, 1.54) is 28.6 Å². The molecule has 0 unspecified atom stereocenters. The third-order valence-electron chi connectivity index (χ3n) is 5.21. The van der Waals surface area contributed by atoms with Gasteiger partial charge in [0.15, 0.2) is 0 Å². The summed E-state index contributed by atoms with van der Waals surface area (Å²) in [7, 11) is -7.52. The molecule has 2 heterocycles. The Kier molecular flexibility index (Phi) is 6.13. The zero-order valence-electron chi connectivity index (χ0n) is 17.1. The Morgan fingerprint density at radius 1 is 0.968 bits per heavy atom. The summed E-state index contributed by atoms with van der Waals surface area (Å²) >= 11 is 0. The summed E-state index contributed by atoms with van der Waals surface area (Å²) in [4.78, 5) is 4.57. The van der Waals surface area contributed by atoms with Crippen molar-refractivity contribution in [1.82, 2.24) is 18.6 Å². The molecule has 0 bridgehead atoms. The standard InChI is InChI=1S/C20H24N4O5S2/c1-2-24-19-6-4-3-5-18(19)22-20(24)15-21-30(25,26)16-7-9-17(10-8-16)31(27,28)23-11-13-29-14-12-23/h3-10,21H,2,11-15H2,1H3. The molecule has 31 heavy (non-hydrogen) atoms. The van der Waals surface area contributed by atoms with Gasteiger partial charge in [-0.05, 0) is 43.3 Å². The van der Waals surface area contributed by atoms with Crippen LogP contribution in [0, 0.1) is 0 Å². The molecule has 2 aromatic carbocycles. The first-order valence-electron chi connectivity index (χ1n) is 9.95. The van der Waals surface area contributed by atoms with Crippen molar-refractivity contribution >= 4 is 31.1 Å². The molecular weight excluding hydrogens is 440 g/mol. The average Bonchev–Trinajstić information content (AvgIpc) is 3.16. The number of aromatic nitrogens is 2. The van der Waals surface area contributed by atoms with E-state index < -0.39 is 20.0 Å². The highest BCUT2D eigenvalue weighted by Gasteiger charge is 2.27. The third kappa shape index (κ3) is 4.37. The van der Waals surface area contributed by atoms with Crippen molar-refractivity contribution in [3.8, 4) is 0 Å². The second kappa shape index (κ2) is 8.67. The number of fused-ring (bicyclic) bond motifs is 1. The van der Waals surface area contributed by atoms with Gasteiger partial charge >= 0.3 is 0 Å². The quantitative estimate of drug-likeness (QED) is 0.568. The Balaban J connectivity index is 1.52. The molecule has 0 radical (unpaired) electrons. The van der Waals surface area contributed by atoms with Crippen molar-refractivity contribution in [3.05, 3.63) is 54.4 Å². The van der Waals surface area contributed by atoms with Crippen molar-refractivity contribution in [2.24, 2.45) is 0 Å². The van der Waals surface area contributed by atoms with Crippen LogP contribution in [0.25, 0.3) is 11.0 Å². The van der Waals surface area contributed by atoms with E-state index in [9.17, 15) is 16.8 Å². The predicted molar refractivity (Wildman–Crippen MR) is 115 cm³/mol. The van der Waals surface area contributed by atoms with Crippen LogP contribution >= 0.6 is 0 Å². The number of ether oxygens (including phenoxy) is 1. The van der Waals surface area contributed by atoms with Crippen LogP contribution in [-0.2, 0) is 37.9 Å². The number of nitrogens with one attached hydrogen (secondary N) is 1. The SMILES string of the molecule is CCn1c(CNS(=O)(=O)c2ccc(S(=O)(=O)N3CCOCC3)cc2)nc2ccccc21. The molecule has 0 amide bonds. The van der Waals surface area contributed by atoms with Gasteiger partial charge < -0.3 is 9.30 Å². The van der Waals surface area contributed by atoms with Crippen molar-refractivity contribution in [2.45, 2.75) is 29.8 Å². The number of benzene rings is 2. The maximum Gasteiger partial charge on any atom is 0.243 e. The summed E-state index contributed by atoms with van der Waals surface area (Å²) in [6.07, 6.45) is 0. The smallest absolute Gasteiger partial charge is 0.243 e. The molecule has 166 valence electrons. The second-order valence-electron chi connectivity index (χ2n) is 7.07. The van der Waals surface area contributed by atoms with E-state index in [1.54, 1.807) is 0 Å². The molecule has 0 aliphatic carbocycles. The topological polar surface area (TPSA) is 111 Å². The summed E-state index contributed by atoms with van der Waals surface area (Å²) in [5, 5.41) is 0. The monoisotopic (exact) mass is 464 g/mol. The lowest BCUT2D eigenvalue weighted by Gasteiger charge is -2.26. The molecule has 11 heteroatoms. The molecule has 1 fully saturated rings.